The van der Waals surface area contributed by atoms with Crippen LogP contribution in [0.1, 0.15) is 10.6 Å². The quantitative estimate of drug-likeness (QED) is 0.562. The van der Waals surface area contributed by atoms with Gasteiger partial charge < -0.3 is 0 Å². The van der Waals surface area contributed by atoms with Gasteiger partial charge in [-0.1, -0.05) is 12.1 Å². The second kappa shape index (κ2) is 3.41. The van der Waals surface area contributed by atoms with Gasteiger partial charge >= 0.3 is 0 Å². The van der Waals surface area contributed by atoms with Gasteiger partial charge in [-0.15, -0.1) is 11.3 Å². The zero-order valence-corrected chi connectivity index (χ0v) is 8.19. The molecule has 0 atom stereocenters. The number of hydrazine groups is 1. The summed E-state index contributed by atoms with van der Waals surface area (Å²) in [5.74, 6) is 5.28. The third kappa shape index (κ3) is 1.56. The lowest BCUT2D eigenvalue weighted by atomic mass is 10.2. The summed E-state index contributed by atoms with van der Waals surface area (Å²) in [6.45, 7) is 2.69. The standard InChI is InChI=1S/C9H11N3S/c1-6-12-9-7(5-11-10)3-2-4-8(9)13-6/h2-4,11H,5,10H2,1H3. The fourth-order valence-electron chi connectivity index (χ4n) is 1.37. The lowest BCUT2D eigenvalue weighted by molar-refractivity contribution is 0.744. The third-order valence-electron chi connectivity index (χ3n) is 1.90. The summed E-state index contributed by atoms with van der Waals surface area (Å²) in [6.07, 6.45) is 0. The van der Waals surface area contributed by atoms with Gasteiger partial charge in [0.2, 0.25) is 0 Å². The van der Waals surface area contributed by atoms with Crippen molar-refractivity contribution in [2.75, 3.05) is 0 Å². The Morgan fingerprint density at radius 2 is 2.38 bits per heavy atom. The third-order valence-corrected chi connectivity index (χ3v) is 2.84. The summed E-state index contributed by atoms with van der Waals surface area (Å²) in [5.41, 5.74) is 4.88. The maximum absolute atomic E-state index is 5.28. The van der Waals surface area contributed by atoms with E-state index in [4.69, 9.17) is 5.84 Å². The first-order valence-electron chi connectivity index (χ1n) is 4.10. The molecule has 0 unspecified atom stereocenters. The highest BCUT2D eigenvalue weighted by atomic mass is 32.1. The summed E-state index contributed by atoms with van der Waals surface area (Å²) in [6, 6.07) is 6.16. The van der Waals surface area contributed by atoms with E-state index in [9.17, 15) is 0 Å². The Labute approximate surface area is 80.6 Å². The highest BCUT2D eigenvalue weighted by molar-refractivity contribution is 7.18. The largest absolute Gasteiger partial charge is 0.271 e. The molecule has 0 saturated carbocycles. The number of hydrogen-bond donors (Lipinski definition) is 2. The zero-order chi connectivity index (χ0) is 9.26. The summed E-state index contributed by atoms with van der Waals surface area (Å²) in [4.78, 5) is 4.45. The Bertz CT molecular complexity index is 422. The molecule has 3 N–H and O–H groups in total. The van der Waals surface area contributed by atoms with Gasteiger partial charge in [0.15, 0.2) is 0 Å². The Morgan fingerprint density at radius 3 is 3.15 bits per heavy atom. The monoisotopic (exact) mass is 193 g/mol. The number of nitrogens with one attached hydrogen (secondary N) is 1. The van der Waals surface area contributed by atoms with Gasteiger partial charge in [0, 0.05) is 6.54 Å². The topological polar surface area (TPSA) is 50.9 Å². The lowest BCUT2D eigenvalue weighted by Crippen LogP contribution is -2.20. The molecule has 0 bridgehead atoms. The minimum absolute atomic E-state index is 0.667. The van der Waals surface area contributed by atoms with E-state index in [1.54, 1.807) is 11.3 Å². The predicted molar refractivity (Wildman–Crippen MR) is 55.4 cm³/mol. The van der Waals surface area contributed by atoms with E-state index in [0.717, 1.165) is 16.1 Å². The SMILES string of the molecule is Cc1nc2c(CNN)cccc2s1. The average Bonchev–Trinajstić information content (AvgIpc) is 2.47. The fraction of sp³-hybridized carbons (Fsp3) is 0.222. The normalized spacial score (nSPS) is 10.9. The number of thiazole rings is 1. The molecule has 68 valence electrons. The van der Waals surface area contributed by atoms with Crippen LogP contribution in [0.4, 0.5) is 0 Å². The van der Waals surface area contributed by atoms with Crippen molar-refractivity contribution < 1.29 is 0 Å². The van der Waals surface area contributed by atoms with Crippen LogP contribution < -0.4 is 11.3 Å². The lowest BCUT2D eigenvalue weighted by Gasteiger charge is -1.99. The van der Waals surface area contributed by atoms with Crippen LogP contribution in [0.5, 0.6) is 0 Å². The van der Waals surface area contributed by atoms with Gasteiger partial charge in [0.05, 0.1) is 15.2 Å². The molecule has 0 spiro atoms. The van der Waals surface area contributed by atoms with Crippen molar-refractivity contribution in [3.8, 4) is 0 Å². The molecular formula is C9H11N3S. The molecule has 0 aliphatic rings. The number of hydrogen-bond acceptors (Lipinski definition) is 4. The summed E-state index contributed by atoms with van der Waals surface area (Å²) < 4.78 is 1.23. The molecule has 3 nitrogen and oxygen atoms in total. The molecule has 0 saturated heterocycles. The van der Waals surface area contributed by atoms with Crippen LogP contribution in [0, 0.1) is 6.92 Å². The van der Waals surface area contributed by atoms with Crippen molar-refractivity contribution in [2.24, 2.45) is 5.84 Å². The van der Waals surface area contributed by atoms with Crippen LogP contribution in [-0.2, 0) is 6.54 Å². The fourth-order valence-corrected chi connectivity index (χ4v) is 2.24. The van der Waals surface area contributed by atoms with Crippen LogP contribution in [-0.4, -0.2) is 4.98 Å². The van der Waals surface area contributed by atoms with E-state index in [-0.39, 0.29) is 0 Å². The molecule has 0 fully saturated rings. The van der Waals surface area contributed by atoms with Crippen molar-refractivity contribution in [2.45, 2.75) is 13.5 Å². The first-order valence-corrected chi connectivity index (χ1v) is 4.91. The number of fused-ring (bicyclic) bond motifs is 1. The van der Waals surface area contributed by atoms with E-state index in [2.05, 4.69) is 16.5 Å². The zero-order valence-electron chi connectivity index (χ0n) is 7.37. The van der Waals surface area contributed by atoms with E-state index in [1.165, 1.54) is 4.70 Å². The van der Waals surface area contributed by atoms with Crippen LogP contribution >= 0.6 is 11.3 Å². The molecule has 2 aromatic rings. The Balaban J connectivity index is 2.60. The van der Waals surface area contributed by atoms with Gasteiger partial charge in [-0.05, 0) is 18.6 Å². The van der Waals surface area contributed by atoms with Gasteiger partial charge in [0.1, 0.15) is 0 Å². The van der Waals surface area contributed by atoms with Crippen molar-refractivity contribution >= 4 is 21.6 Å². The number of para-hydroxylation sites is 1. The van der Waals surface area contributed by atoms with E-state index >= 15 is 0 Å². The smallest absolute Gasteiger partial charge is 0.0907 e. The van der Waals surface area contributed by atoms with Crippen LogP contribution in [0.15, 0.2) is 18.2 Å². The minimum atomic E-state index is 0.667. The second-order valence-electron chi connectivity index (χ2n) is 2.88. The second-order valence-corrected chi connectivity index (χ2v) is 4.11. The van der Waals surface area contributed by atoms with Crippen molar-refractivity contribution in [3.05, 3.63) is 28.8 Å². The molecule has 4 heteroatoms. The van der Waals surface area contributed by atoms with Gasteiger partial charge in [-0.3, -0.25) is 11.3 Å². The Hall–Kier alpha value is -0.970. The molecule has 2 rings (SSSR count). The molecule has 0 aliphatic heterocycles. The molecule has 1 heterocycles. The van der Waals surface area contributed by atoms with Crippen molar-refractivity contribution in [1.82, 2.24) is 10.4 Å². The van der Waals surface area contributed by atoms with Gasteiger partial charge in [0.25, 0.3) is 0 Å². The Kier molecular flexibility index (Phi) is 2.26. The Morgan fingerprint density at radius 1 is 1.54 bits per heavy atom. The first-order chi connectivity index (χ1) is 6.31. The number of nitrogens with two attached hydrogens (primary N) is 1. The maximum Gasteiger partial charge on any atom is 0.0907 e. The van der Waals surface area contributed by atoms with Crippen molar-refractivity contribution in [1.29, 1.82) is 0 Å². The summed E-state index contributed by atoms with van der Waals surface area (Å²) >= 11 is 1.71. The summed E-state index contributed by atoms with van der Waals surface area (Å²) in [7, 11) is 0. The van der Waals surface area contributed by atoms with Crippen LogP contribution in [0.2, 0.25) is 0 Å². The predicted octanol–water partition coefficient (Wildman–Crippen LogP) is 1.57. The number of aromatic nitrogens is 1. The molecular weight excluding hydrogens is 182 g/mol. The number of benzene rings is 1. The van der Waals surface area contributed by atoms with E-state index in [1.807, 2.05) is 19.1 Å². The maximum atomic E-state index is 5.28. The van der Waals surface area contributed by atoms with E-state index < -0.39 is 0 Å². The van der Waals surface area contributed by atoms with Gasteiger partial charge in [-0.2, -0.15) is 0 Å². The molecule has 0 radical (unpaired) electrons. The highest BCUT2D eigenvalue weighted by Crippen LogP contribution is 2.23. The highest BCUT2D eigenvalue weighted by Gasteiger charge is 2.04. The molecule has 0 amide bonds. The summed E-state index contributed by atoms with van der Waals surface area (Å²) in [5, 5.41) is 1.10. The molecule has 1 aromatic heterocycles. The van der Waals surface area contributed by atoms with Gasteiger partial charge in [-0.25, -0.2) is 4.98 Å². The molecule has 1 aromatic carbocycles. The number of rotatable bonds is 2. The van der Waals surface area contributed by atoms with Crippen LogP contribution in [0.25, 0.3) is 10.2 Å². The average molecular weight is 193 g/mol. The van der Waals surface area contributed by atoms with Crippen LogP contribution in [0.3, 0.4) is 0 Å². The minimum Gasteiger partial charge on any atom is -0.271 e. The molecule has 0 aliphatic carbocycles. The number of nitrogens with zero attached hydrogens (tertiary/aromatic N) is 1. The van der Waals surface area contributed by atoms with Crippen molar-refractivity contribution in [3.63, 3.8) is 0 Å². The number of aryl methyl sites for hydroxylation is 1. The molecule has 13 heavy (non-hydrogen) atoms. The van der Waals surface area contributed by atoms with E-state index in [0.29, 0.717) is 6.54 Å². The first kappa shape index (κ1) is 8.62.